The molecule has 4 aromatic rings. The van der Waals surface area contributed by atoms with E-state index in [1.807, 2.05) is 65.7 Å². The molecule has 0 N–H and O–H groups in total. The minimum absolute atomic E-state index is 0.0552. The van der Waals surface area contributed by atoms with Gasteiger partial charge in [0.25, 0.3) is 5.56 Å². The Hall–Kier alpha value is -3.11. The molecule has 0 aliphatic carbocycles. The number of nitrogens with zero attached hydrogens (tertiary/aromatic N) is 3. The van der Waals surface area contributed by atoms with Crippen LogP contribution in [0.15, 0.2) is 84.0 Å². The highest BCUT2D eigenvalue weighted by molar-refractivity contribution is 6.30. The van der Waals surface area contributed by atoms with E-state index >= 15 is 0 Å². The average Bonchev–Trinajstić information content (AvgIpc) is 3.13. The van der Waals surface area contributed by atoms with Gasteiger partial charge >= 0.3 is 0 Å². The molecule has 0 saturated carbocycles. The molecule has 4 rings (SSSR count). The minimum atomic E-state index is -0.0552. The third-order valence-electron chi connectivity index (χ3n) is 4.52. The van der Waals surface area contributed by atoms with Crippen LogP contribution in [0.3, 0.4) is 0 Å². The summed E-state index contributed by atoms with van der Waals surface area (Å²) in [5.41, 5.74) is 4.87. The van der Waals surface area contributed by atoms with Gasteiger partial charge in [0.2, 0.25) is 0 Å². The molecule has 0 saturated heterocycles. The highest BCUT2D eigenvalue weighted by Crippen LogP contribution is 2.31. The van der Waals surface area contributed by atoms with Crippen molar-refractivity contribution in [1.29, 1.82) is 0 Å². The molecule has 0 amide bonds. The summed E-state index contributed by atoms with van der Waals surface area (Å²) in [6.07, 6.45) is 5.70. The van der Waals surface area contributed by atoms with Crippen LogP contribution in [-0.2, 0) is 13.6 Å². The number of aromatic nitrogens is 3. The Kier molecular flexibility index (Phi) is 4.65. The molecule has 5 heteroatoms. The van der Waals surface area contributed by atoms with E-state index in [9.17, 15) is 4.79 Å². The van der Waals surface area contributed by atoms with Crippen LogP contribution in [0.4, 0.5) is 0 Å². The van der Waals surface area contributed by atoms with Gasteiger partial charge in [-0.15, -0.1) is 0 Å². The molecule has 4 nitrogen and oxygen atoms in total. The Morgan fingerprint density at radius 3 is 2.41 bits per heavy atom. The van der Waals surface area contributed by atoms with Crippen molar-refractivity contribution in [2.45, 2.75) is 6.54 Å². The first-order valence-corrected chi connectivity index (χ1v) is 9.01. The molecule has 2 heterocycles. The Morgan fingerprint density at radius 1 is 0.926 bits per heavy atom. The number of hydrogen-bond donors (Lipinski definition) is 0. The first-order chi connectivity index (χ1) is 13.1. The van der Waals surface area contributed by atoms with Crippen LogP contribution in [0, 0.1) is 0 Å². The van der Waals surface area contributed by atoms with Crippen LogP contribution in [0.1, 0.15) is 5.56 Å². The highest BCUT2D eigenvalue weighted by atomic mass is 35.5. The summed E-state index contributed by atoms with van der Waals surface area (Å²) in [6, 6.07) is 19.4. The first kappa shape index (κ1) is 17.3. The van der Waals surface area contributed by atoms with E-state index in [2.05, 4.69) is 17.2 Å². The van der Waals surface area contributed by atoms with Crippen molar-refractivity contribution in [2.24, 2.45) is 7.05 Å². The van der Waals surface area contributed by atoms with Crippen LogP contribution < -0.4 is 5.56 Å². The molecule has 27 heavy (non-hydrogen) atoms. The molecule has 0 radical (unpaired) electrons. The maximum absolute atomic E-state index is 12.2. The summed E-state index contributed by atoms with van der Waals surface area (Å²) < 4.78 is 3.49. The van der Waals surface area contributed by atoms with Crippen LogP contribution >= 0.6 is 11.6 Å². The third kappa shape index (κ3) is 3.71. The summed E-state index contributed by atoms with van der Waals surface area (Å²) in [5.74, 6) is 0. The van der Waals surface area contributed by atoms with E-state index in [0.29, 0.717) is 11.6 Å². The zero-order chi connectivity index (χ0) is 18.8. The van der Waals surface area contributed by atoms with Crippen molar-refractivity contribution in [3.8, 4) is 22.3 Å². The standard InChI is InChI=1S/C22H18ClN3O/c1-25-15-21(20(11-22(25)27)17-7-9-19(23)10-8-17)18-12-24-26(14-18)13-16-5-3-2-4-6-16/h2-12,14-15H,13H2,1H3. The SMILES string of the molecule is Cn1cc(-c2cnn(Cc3ccccc3)c2)c(-c2ccc(Cl)cc2)cc1=O. The Morgan fingerprint density at radius 2 is 1.67 bits per heavy atom. The number of hydrogen-bond acceptors (Lipinski definition) is 2. The van der Waals surface area contributed by atoms with Crippen LogP contribution in [0.25, 0.3) is 22.3 Å². The van der Waals surface area contributed by atoms with Gasteiger partial charge in [-0.25, -0.2) is 0 Å². The molecule has 0 aliphatic rings. The van der Waals surface area contributed by atoms with E-state index < -0.39 is 0 Å². The smallest absolute Gasteiger partial charge is 0.250 e. The van der Waals surface area contributed by atoms with Gasteiger partial charge < -0.3 is 4.57 Å². The molecule has 134 valence electrons. The molecular weight excluding hydrogens is 358 g/mol. The molecule has 0 unspecified atom stereocenters. The van der Waals surface area contributed by atoms with Crippen LogP contribution in [-0.4, -0.2) is 14.3 Å². The van der Waals surface area contributed by atoms with Crippen molar-refractivity contribution in [2.75, 3.05) is 0 Å². The van der Waals surface area contributed by atoms with E-state index in [1.165, 1.54) is 5.56 Å². The zero-order valence-electron chi connectivity index (χ0n) is 14.8. The Balaban J connectivity index is 1.76. The fraction of sp³-hybridized carbons (Fsp3) is 0.0909. The van der Waals surface area contributed by atoms with Gasteiger partial charge in [0.1, 0.15) is 0 Å². The van der Waals surface area contributed by atoms with Crippen molar-refractivity contribution in [1.82, 2.24) is 14.3 Å². The van der Waals surface area contributed by atoms with Gasteiger partial charge in [-0.2, -0.15) is 5.10 Å². The van der Waals surface area contributed by atoms with E-state index in [1.54, 1.807) is 17.7 Å². The summed E-state index contributed by atoms with van der Waals surface area (Å²) in [7, 11) is 1.76. The lowest BCUT2D eigenvalue weighted by molar-refractivity contribution is 0.687. The van der Waals surface area contributed by atoms with Gasteiger partial charge in [-0.05, 0) is 28.8 Å². The van der Waals surface area contributed by atoms with Gasteiger partial charge in [0, 0.05) is 41.7 Å². The number of pyridine rings is 1. The van der Waals surface area contributed by atoms with Crippen molar-refractivity contribution in [3.05, 3.63) is 100 Å². The average molecular weight is 376 g/mol. The Bertz CT molecular complexity index is 1130. The van der Waals surface area contributed by atoms with Crippen LogP contribution in [0.2, 0.25) is 5.02 Å². The van der Waals surface area contributed by atoms with Gasteiger partial charge in [-0.1, -0.05) is 54.1 Å². The molecule has 2 aromatic carbocycles. The fourth-order valence-electron chi connectivity index (χ4n) is 3.09. The molecule has 0 aliphatic heterocycles. The lowest BCUT2D eigenvalue weighted by Crippen LogP contribution is -2.15. The molecule has 0 atom stereocenters. The summed E-state index contributed by atoms with van der Waals surface area (Å²) in [4.78, 5) is 12.2. The largest absolute Gasteiger partial charge is 0.318 e. The minimum Gasteiger partial charge on any atom is -0.318 e. The number of aryl methyl sites for hydroxylation is 1. The Labute approximate surface area is 162 Å². The molecule has 0 bridgehead atoms. The van der Waals surface area contributed by atoms with Gasteiger partial charge in [0.05, 0.1) is 12.7 Å². The van der Waals surface area contributed by atoms with E-state index in [4.69, 9.17) is 11.6 Å². The number of benzene rings is 2. The summed E-state index contributed by atoms with van der Waals surface area (Å²) in [6.45, 7) is 0.697. The lowest BCUT2D eigenvalue weighted by atomic mass is 9.98. The lowest BCUT2D eigenvalue weighted by Gasteiger charge is -2.10. The zero-order valence-corrected chi connectivity index (χ0v) is 15.6. The van der Waals surface area contributed by atoms with Crippen LogP contribution in [0.5, 0.6) is 0 Å². The predicted octanol–water partition coefficient (Wildman–Crippen LogP) is 4.62. The van der Waals surface area contributed by atoms with Crippen molar-refractivity contribution < 1.29 is 0 Å². The molecular formula is C22H18ClN3O. The molecule has 2 aromatic heterocycles. The second kappa shape index (κ2) is 7.25. The second-order valence-corrected chi connectivity index (χ2v) is 6.91. The molecule has 0 fully saturated rings. The normalized spacial score (nSPS) is 10.9. The quantitative estimate of drug-likeness (QED) is 0.522. The number of rotatable bonds is 4. The summed E-state index contributed by atoms with van der Waals surface area (Å²) >= 11 is 6.01. The van der Waals surface area contributed by atoms with Crippen molar-refractivity contribution >= 4 is 11.6 Å². The maximum atomic E-state index is 12.2. The predicted molar refractivity (Wildman–Crippen MR) is 109 cm³/mol. The monoisotopic (exact) mass is 375 g/mol. The van der Waals surface area contributed by atoms with Gasteiger partial charge in [0.15, 0.2) is 0 Å². The number of halogens is 1. The third-order valence-corrected chi connectivity index (χ3v) is 4.77. The second-order valence-electron chi connectivity index (χ2n) is 6.47. The summed E-state index contributed by atoms with van der Waals surface area (Å²) in [5, 5.41) is 5.16. The highest BCUT2D eigenvalue weighted by Gasteiger charge is 2.12. The van der Waals surface area contributed by atoms with Gasteiger partial charge in [-0.3, -0.25) is 9.48 Å². The van der Waals surface area contributed by atoms with E-state index in [0.717, 1.165) is 22.3 Å². The molecule has 0 spiro atoms. The topological polar surface area (TPSA) is 39.8 Å². The maximum Gasteiger partial charge on any atom is 0.250 e. The first-order valence-electron chi connectivity index (χ1n) is 8.63. The van der Waals surface area contributed by atoms with E-state index in [-0.39, 0.29) is 5.56 Å². The fourth-order valence-corrected chi connectivity index (χ4v) is 3.21. The van der Waals surface area contributed by atoms with Crippen molar-refractivity contribution in [3.63, 3.8) is 0 Å².